The standard InChI is InChI=1S/C22H22ClN5O3S/c1-3-11-28-20(14-31-18-7-5-4-6-8-18)25-27-22(28)32-15(2)21(30)26-24-13-16-12-17(23)9-10-19(16)29/h3-10,12-13,15,29H,1,11,14H2,2H3,(H,26,30)/b24-13+/t15-/m1/s1. The van der Waals surface area contributed by atoms with Gasteiger partial charge in [-0.15, -0.1) is 16.8 Å². The molecule has 0 saturated heterocycles. The highest BCUT2D eigenvalue weighted by molar-refractivity contribution is 8.00. The van der Waals surface area contributed by atoms with E-state index < -0.39 is 5.25 Å². The van der Waals surface area contributed by atoms with Gasteiger partial charge in [0, 0.05) is 17.1 Å². The molecule has 166 valence electrons. The molecule has 2 N–H and O–H groups in total. The Balaban J connectivity index is 1.61. The lowest BCUT2D eigenvalue weighted by atomic mass is 10.2. The van der Waals surface area contributed by atoms with E-state index in [2.05, 4.69) is 27.3 Å². The first-order valence-corrected chi connectivity index (χ1v) is 10.9. The van der Waals surface area contributed by atoms with Crippen molar-refractivity contribution in [2.75, 3.05) is 0 Å². The zero-order valence-corrected chi connectivity index (χ0v) is 18.9. The number of phenolic OH excluding ortho intramolecular Hbond substituents is 1. The van der Waals surface area contributed by atoms with Crippen molar-refractivity contribution < 1.29 is 14.6 Å². The molecule has 3 rings (SSSR count). The highest BCUT2D eigenvalue weighted by Crippen LogP contribution is 2.23. The number of carbonyl (C=O) groups excluding carboxylic acids is 1. The van der Waals surface area contributed by atoms with E-state index in [1.54, 1.807) is 25.1 Å². The number of phenols is 1. The number of carbonyl (C=O) groups is 1. The first kappa shape index (κ1) is 23.4. The van der Waals surface area contributed by atoms with Gasteiger partial charge < -0.3 is 9.84 Å². The molecule has 0 aliphatic carbocycles. The second-order valence-corrected chi connectivity index (χ2v) is 8.34. The van der Waals surface area contributed by atoms with Crippen LogP contribution in [0.2, 0.25) is 5.02 Å². The highest BCUT2D eigenvalue weighted by Gasteiger charge is 2.20. The van der Waals surface area contributed by atoms with Gasteiger partial charge in [0.25, 0.3) is 5.91 Å². The van der Waals surface area contributed by atoms with Crippen LogP contribution in [0.3, 0.4) is 0 Å². The van der Waals surface area contributed by atoms with Crippen LogP contribution in [0, 0.1) is 0 Å². The fourth-order valence-corrected chi connectivity index (χ4v) is 3.64. The zero-order chi connectivity index (χ0) is 22.9. The molecule has 8 nitrogen and oxygen atoms in total. The maximum absolute atomic E-state index is 12.4. The highest BCUT2D eigenvalue weighted by atomic mass is 35.5. The van der Waals surface area contributed by atoms with E-state index in [9.17, 15) is 9.90 Å². The van der Waals surface area contributed by atoms with Gasteiger partial charge in [-0.3, -0.25) is 9.36 Å². The van der Waals surface area contributed by atoms with Crippen LogP contribution in [0.15, 0.2) is 71.4 Å². The number of ether oxygens (including phenoxy) is 1. The number of thioether (sulfide) groups is 1. The van der Waals surface area contributed by atoms with E-state index in [0.29, 0.717) is 28.1 Å². The van der Waals surface area contributed by atoms with Crippen LogP contribution in [0.4, 0.5) is 0 Å². The van der Waals surface area contributed by atoms with E-state index in [4.69, 9.17) is 16.3 Å². The van der Waals surface area contributed by atoms with Gasteiger partial charge in [0.05, 0.1) is 11.5 Å². The van der Waals surface area contributed by atoms with Gasteiger partial charge in [-0.1, -0.05) is 47.6 Å². The van der Waals surface area contributed by atoms with Crippen molar-refractivity contribution in [3.8, 4) is 11.5 Å². The SMILES string of the molecule is C=CCn1c(COc2ccccc2)nnc1S[C@H](C)C(=O)N/N=C/c1cc(Cl)ccc1O. The number of allylic oxidation sites excluding steroid dienone is 1. The summed E-state index contributed by atoms with van der Waals surface area (Å²) in [6.45, 7) is 6.22. The summed E-state index contributed by atoms with van der Waals surface area (Å²) in [7, 11) is 0. The van der Waals surface area contributed by atoms with Crippen LogP contribution in [0.25, 0.3) is 0 Å². The van der Waals surface area contributed by atoms with Crippen LogP contribution in [-0.4, -0.2) is 37.2 Å². The number of amides is 1. The summed E-state index contributed by atoms with van der Waals surface area (Å²) in [5, 5.41) is 22.6. The minimum absolute atomic E-state index is 0.0117. The first-order chi connectivity index (χ1) is 15.5. The summed E-state index contributed by atoms with van der Waals surface area (Å²) in [5.41, 5.74) is 2.85. The van der Waals surface area contributed by atoms with E-state index in [1.165, 1.54) is 24.0 Å². The normalized spacial score (nSPS) is 11.9. The second kappa shape index (κ2) is 11.4. The van der Waals surface area contributed by atoms with Crippen LogP contribution in [0.5, 0.6) is 11.5 Å². The molecule has 32 heavy (non-hydrogen) atoms. The van der Waals surface area contributed by atoms with Gasteiger partial charge in [0.1, 0.15) is 18.1 Å². The van der Waals surface area contributed by atoms with Crippen molar-refractivity contribution in [1.82, 2.24) is 20.2 Å². The van der Waals surface area contributed by atoms with Crippen molar-refractivity contribution in [2.24, 2.45) is 5.10 Å². The lowest BCUT2D eigenvalue weighted by Crippen LogP contribution is -2.27. The maximum Gasteiger partial charge on any atom is 0.253 e. The third-order valence-corrected chi connectivity index (χ3v) is 5.55. The minimum Gasteiger partial charge on any atom is -0.507 e. The van der Waals surface area contributed by atoms with Crippen LogP contribution in [-0.2, 0) is 17.9 Å². The lowest BCUT2D eigenvalue weighted by molar-refractivity contribution is -0.120. The molecule has 0 spiro atoms. The molecular weight excluding hydrogens is 450 g/mol. The summed E-state index contributed by atoms with van der Waals surface area (Å²) in [4.78, 5) is 12.4. The summed E-state index contributed by atoms with van der Waals surface area (Å²) in [6.07, 6.45) is 3.06. The number of nitrogens with one attached hydrogen (secondary N) is 1. The fourth-order valence-electron chi connectivity index (χ4n) is 2.59. The number of para-hydroxylation sites is 1. The second-order valence-electron chi connectivity index (χ2n) is 6.60. The molecule has 3 aromatic rings. The van der Waals surface area contributed by atoms with Gasteiger partial charge in [0.15, 0.2) is 11.0 Å². The number of hydrogen-bond donors (Lipinski definition) is 2. The first-order valence-electron chi connectivity index (χ1n) is 9.67. The third-order valence-electron chi connectivity index (χ3n) is 4.24. The van der Waals surface area contributed by atoms with Crippen LogP contribution < -0.4 is 10.2 Å². The number of rotatable bonds is 10. The number of halogens is 1. The zero-order valence-electron chi connectivity index (χ0n) is 17.3. The Morgan fingerprint density at radius 2 is 2.12 bits per heavy atom. The van der Waals surface area contributed by atoms with E-state index in [0.717, 1.165) is 5.75 Å². The number of nitrogens with zero attached hydrogens (tertiary/aromatic N) is 4. The largest absolute Gasteiger partial charge is 0.507 e. The Kier molecular flexibility index (Phi) is 8.29. The van der Waals surface area contributed by atoms with Gasteiger partial charge in [-0.05, 0) is 37.3 Å². The van der Waals surface area contributed by atoms with Crippen molar-refractivity contribution in [1.29, 1.82) is 0 Å². The van der Waals surface area contributed by atoms with Crippen LogP contribution >= 0.6 is 23.4 Å². The number of hydrazone groups is 1. The van der Waals surface area contributed by atoms with Gasteiger partial charge in [-0.2, -0.15) is 5.10 Å². The predicted octanol–water partition coefficient (Wildman–Crippen LogP) is 4.03. The molecule has 0 saturated carbocycles. The Bertz CT molecular complexity index is 1100. The summed E-state index contributed by atoms with van der Waals surface area (Å²) in [6, 6.07) is 14.0. The number of benzene rings is 2. The van der Waals surface area contributed by atoms with Crippen molar-refractivity contribution in [2.45, 2.75) is 30.5 Å². The Hall–Kier alpha value is -3.30. The molecule has 0 aliphatic rings. The van der Waals surface area contributed by atoms with E-state index >= 15 is 0 Å². The summed E-state index contributed by atoms with van der Waals surface area (Å²) >= 11 is 7.15. The summed E-state index contributed by atoms with van der Waals surface area (Å²) in [5.74, 6) is 1.03. The molecule has 1 aromatic heterocycles. The number of aromatic nitrogens is 3. The lowest BCUT2D eigenvalue weighted by Gasteiger charge is -2.11. The Labute approximate surface area is 195 Å². The van der Waals surface area contributed by atoms with Crippen molar-refractivity contribution in [3.05, 3.63) is 77.6 Å². The Morgan fingerprint density at radius 3 is 2.88 bits per heavy atom. The molecule has 0 aliphatic heterocycles. The molecule has 10 heteroatoms. The molecule has 0 fully saturated rings. The molecule has 1 amide bonds. The third kappa shape index (κ3) is 6.35. The van der Waals surface area contributed by atoms with Crippen molar-refractivity contribution >= 4 is 35.5 Å². The fraction of sp³-hybridized carbons (Fsp3) is 0.182. The average Bonchev–Trinajstić information content (AvgIpc) is 3.16. The minimum atomic E-state index is -0.504. The quantitative estimate of drug-likeness (QED) is 0.200. The van der Waals surface area contributed by atoms with Gasteiger partial charge >= 0.3 is 0 Å². The Morgan fingerprint density at radius 1 is 1.34 bits per heavy atom. The molecule has 2 aromatic carbocycles. The maximum atomic E-state index is 12.4. The molecule has 1 atom stereocenters. The van der Waals surface area contributed by atoms with E-state index in [1.807, 2.05) is 34.9 Å². The molecular formula is C22H22ClN5O3S. The van der Waals surface area contributed by atoms with E-state index in [-0.39, 0.29) is 18.3 Å². The molecule has 0 radical (unpaired) electrons. The molecule has 1 heterocycles. The van der Waals surface area contributed by atoms with Gasteiger partial charge in [0.2, 0.25) is 0 Å². The van der Waals surface area contributed by atoms with Crippen molar-refractivity contribution in [3.63, 3.8) is 0 Å². The predicted molar refractivity (Wildman–Crippen MR) is 125 cm³/mol. The molecule has 0 unspecified atom stereocenters. The molecule has 0 bridgehead atoms. The van der Waals surface area contributed by atoms with Crippen LogP contribution in [0.1, 0.15) is 18.3 Å². The smallest absolute Gasteiger partial charge is 0.253 e. The number of aromatic hydroxyl groups is 1. The topological polar surface area (TPSA) is 102 Å². The summed E-state index contributed by atoms with van der Waals surface area (Å²) < 4.78 is 7.61. The number of hydrogen-bond acceptors (Lipinski definition) is 7. The average molecular weight is 472 g/mol. The monoisotopic (exact) mass is 471 g/mol. The van der Waals surface area contributed by atoms with Gasteiger partial charge in [-0.25, -0.2) is 5.43 Å².